The van der Waals surface area contributed by atoms with Crippen molar-refractivity contribution >= 4 is 11.9 Å². The molecule has 1 heterocycles. The molecule has 2 atom stereocenters. The van der Waals surface area contributed by atoms with Crippen LogP contribution in [0.3, 0.4) is 0 Å². The molecule has 0 unspecified atom stereocenters. The summed E-state index contributed by atoms with van der Waals surface area (Å²) >= 11 is 0. The maximum absolute atomic E-state index is 11.9. The van der Waals surface area contributed by atoms with E-state index < -0.39 is 18.1 Å². The Kier molecular flexibility index (Phi) is 6.07. The fraction of sp³-hybridized carbons (Fsp3) is 0.833. The van der Waals surface area contributed by atoms with Gasteiger partial charge in [0.2, 0.25) is 5.91 Å². The molecule has 0 radical (unpaired) electrons. The maximum atomic E-state index is 11.9. The number of hydrogen-bond donors (Lipinski definition) is 3. The van der Waals surface area contributed by atoms with Gasteiger partial charge in [-0.25, -0.2) is 4.79 Å². The number of unbranched alkanes of at least 4 members (excludes halogenated alkanes) is 3. The summed E-state index contributed by atoms with van der Waals surface area (Å²) in [6, 6.07) is -0.864. The number of likely N-dealkylation sites (tertiary alicyclic amines) is 1. The van der Waals surface area contributed by atoms with Gasteiger partial charge in [-0.2, -0.15) is 0 Å². The number of aliphatic hydroxyl groups excluding tert-OH is 1. The Morgan fingerprint density at radius 1 is 1.22 bits per heavy atom. The third-order valence-corrected chi connectivity index (χ3v) is 3.23. The first-order valence-electron chi connectivity index (χ1n) is 6.46. The van der Waals surface area contributed by atoms with Crippen LogP contribution in [0.5, 0.6) is 0 Å². The first-order chi connectivity index (χ1) is 8.56. The van der Waals surface area contributed by atoms with Gasteiger partial charge in [0, 0.05) is 19.4 Å². The Bertz CT molecular complexity index is 296. The van der Waals surface area contributed by atoms with Gasteiger partial charge in [-0.05, 0) is 19.4 Å². The lowest BCUT2D eigenvalue weighted by molar-refractivity contribution is -0.148. The number of aliphatic carboxylic acids is 1. The molecule has 6 nitrogen and oxygen atoms in total. The maximum Gasteiger partial charge on any atom is 0.326 e. The van der Waals surface area contributed by atoms with E-state index in [2.05, 4.69) is 0 Å². The molecule has 18 heavy (non-hydrogen) atoms. The van der Waals surface area contributed by atoms with E-state index >= 15 is 0 Å². The van der Waals surface area contributed by atoms with Crippen molar-refractivity contribution in [3.63, 3.8) is 0 Å². The van der Waals surface area contributed by atoms with Crippen LogP contribution in [0.15, 0.2) is 0 Å². The van der Waals surface area contributed by atoms with Crippen LogP contribution in [0, 0.1) is 0 Å². The van der Waals surface area contributed by atoms with Crippen LogP contribution in [0.2, 0.25) is 0 Å². The highest BCUT2D eigenvalue weighted by Crippen LogP contribution is 2.20. The molecule has 1 fully saturated rings. The monoisotopic (exact) mass is 258 g/mol. The molecule has 0 aromatic carbocycles. The topological polar surface area (TPSA) is 104 Å². The summed E-state index contributed by atoms with van der Waals surface area (Å²) in [7, 11) is 0. The number of rotatable bonds is 7. The Morgan fingerprint density at radius 3 is 2.50 bits per heavy atom. The first-order valence-corrected chi connectivity index (χ1v) is 6.46. The number of amides is 1. The van der Waals surface area contributed by atoms with Crippen molar-refractivity contribution in [1.29, 1.82) is 0 Å². The van der Waals surface area contributed by atoms with Crippen molar-refractivity contribution in [2.45, 2.75) is 50.7 Å². The summed E-state index contributed by atoms with van der Waals surface area (Å²) in [5.41, 5.74) is 5.37. The summed E-state index contributed by atoms with van der Waals surface area (Å²) in [5, 5.41) is 18.4. The van der Waals surface area contributed by atoms with Crippen LogP contribution < -0.4 is 5.73 Å². The predicted octanol–water partition coefficient (Wildman–Crippen LogP) is -0.0580. The first kappa shape index (κ1) is 14.9. The number of nitrogens with zero attached hydrogens (tertiary/aromatic N) is 1. The highest BCUT2D eigenvalue weighted by molar-refractivity contribution is 5.84. The summed E-state index contributed by atoms with van der Waals surface area (Å²) in [4.78, 5) is 24.1. The molecule has 1 aliphatic heterocycles. The summed E-state index contributed by atoms with van der Waals surface area (Å²) in [5.74, 6) is -1.21. The molecule has 6 heteroatoms. The zero-order chi connectivity index (χ0) is 13.5. The van der Waals surface area contributed by atoms with Crippen molar-refractivity contribution in [2.75, 3.05) is 13.1 Å². The van der Waals surface area contributed by atoms with Crippen molar-refractivity contribution in [3.8, 4) is 0 Å². The SMILES string of the molecule is NCCCCCCC(=O)N1C[C@H](O)C[C@@H]1C(=O)O. The van der Waals surface area contributed by atoms with E-state index in [1.54, 1.807) is 0 Å². The van der Waals surface area contributed by atoms with Gasteiger partial charge < -0.3 is 20.8 Å². The van der Waals surface area contributed by atoms with Gasteiger partial charge in [-0.1, -0.05) is 12.8 Å². The van der Waals surface area contributed by atoms with Gasteiger partial charge in [-0.15, -0.1) is 0 Å². The normalized spacial score (nSPS) is 23.3. The minimum atomic E-state index is -1.04. The largest absolute Gasteiger partial charge is 0.480 e. The third-order valence-electron chi connectivity index (χ3n) is 3.23. The molecule has 0 saturated carbocycles. The summed E-state index contributed by atoms with van der Waals surface area (Å²) in [6.07, 6.45) is 3.39. The molecule has 1 amide bonds. The smallest absolute Gasteiger partial charge is 0.326 e. The number of carboxylic acid groups (broad SMARTS) is 1. The van der Waals surface area contributed by atoms with E-state index in [9.17, 15) is 14.7 Å². The minimum Gasteiger partial charge on any atom is -0.480 e. The fourth-order valence-corrected chi connectivity index (χ4v) is 2.24. The van der Waals surface area contributed by atoms with Crippen LogP contribution in [0.25, 0.3) is 0 Å². The second-order valence-corrected chi connectivity index (χ2v) is 4.74. The van der Waals surface area contributed by atoms with Gasteiger partial charge in [-0.3, -0.25) is 4.79 Å². The zero-order valence-electron chi connectivity index (χ0n) is 10.5. The van der Waals surface area contributed by atoms with Crippen LogP contribution in [0.1, 0.15) is 38.5 Å². The van der Waals surface area contributed by atoms with Crippen molar-refractivity contribution in [3.05, 3.63) is 0 Å². The molecule has 0 spiro atoms. The van der Waals surface area contributed by atoms with E-state index in [4.69, 9.17) is 10.8 Å². The lowest BCUT2D eigenvalue weighted by atomic mass is 10.1. The molecule has 4 N–H and O–H groups in total. The highest BCUT2D eigenvalue weighted by Gasteiger charge is 2.38. The Labute approximate surface area is 107 Å². The molecule has 0 aromatic heterocycles. The van der Waals surface area contributed by atoms with E-state index in [1.807, 2.05) is 0 Å². The van der Waals surface area contributed by atoms with Crippen molar-refractivity contribution < 1.29 is 19.8 Å². The van der Waals surface area contributed by atoms with Crippen molar-refractivity contribution in [1.82, 2.24) is 4.90 Å². The number of nitrogens with two attached hydrogens (primary N) is 1. The second-order valence-electron chi connectivity index (χ2n) is 4.74. The number of hydrogen-bond acceptors (Lipinski definition) is 4. The van der Waals surface area contributed by atoms with Crippen LogP contribution in [-0.2, 0) is 9.59 Å². The number of β-amino-alcohol motifs (C(OH)–C–C–N with tert-alkyl or cyclic N) is 1. The lowest BCUT2D eigenvalue weighted by Crippen LogP contribution is -2.40. The fourth-order valence-electron chi connectivity index (χ4n) is 2.24. The lowest BCUT2D eigenvalue weighted by Gasteiger charge is -2.21. The number of carbonyl (C=O) groups excluding carboxylic acids is 1. The quantitative estimate of drug-likeness (QED) is 0.555. The molecule has 0 bridgehead atoms. The number of aliphatic hydroxyl groups is 1. The Hall–Kier alpha value is -1.14. The molecule has 0 aromatic rings. The molecule has 104 valence electrons. The third kappa shape index (κ3) is 4.27. The van der Waals surface area contributed by atoms with Crippen LogP contribution >= 0.6 is 0 Å². The molecule has 1 saturated heterocycles. The number of carboxylic acids is 1. The summed E-state index contributed by atoms with van der Waals surface area (Å²) < 4.78 is 0. The Balaban J connectivity index is 2.33. The van der Waals surface area contributed by atoms with Crippen molar-refractivity contribution in [2.24, 2.45) is 5.73 Å². The standard InChI is InChI=1S/C12H22N2O4/c13-6-4-2-1-3-5-11(16)14-8-9(15)7-10(14)12(17)18/h9-10,15H,1-8,13H2,(H,17,18)/t9-,10-/m1/s1. The van der Waals surface area contributed by atoms with E-state index in [-0.39, 0.29) is 18.9 Å². The van der Waals surface area contributed by atoms with E-state index in [0.717, 1.165) is 25.7 Å². The molecular weight excluding hydrogens is 236 g/mol. The average molecular weight is 258 g/mol. The second kappa shape index (κ2) is 7.33. The highest BCUT2D eigenvalue weighted by atomic mass is 16.4. The van der Waals surface area contributed by atoms with Crippen LogP contribution in [0.4, 0.5) is 0 Å². The summed E-state index contributed by atoms with van der Waals surface area (Å²) in [6.45, 7) is 0.798. The number of carbonyl (C=O) groups is 2. The van der Waals surface area contributed by atoms with E-state index in [1.165, 1.54) is 4.90 Å². The molecular formula is C12H22N2O4. The van der Waals surface area contributed by atoms with Gasteiger partial charge >= 0.3 is 5.97 Å². The average Bonchev–Trinajstić information content (AvgIpc) is 2.71. The van der Waals surface area contributed by atoms with Crippen LogP contribution in [-0.4, -0.2) is 52.2 Å². The van der Waals surface area contributed by atoms with Gasteiger partial charge in [0.15, 0.2) is 0 Å². The van der Waals surface area contributed by atoms with Gasteiger partial charge in [0.25, 0.3) is 0 Å². The van der Waals surface area contributed by atoms with Gasteiger partial charge in [0.05, 0.1) is 6.10 Å². The van der Waals surface area contributed by atoms with E-state index in [0.29, 0.717) is 13.0 Å². The molecule has 1 aliphatic rings. The minimum absolute atomic E-state index is 0.133. The Morgan fingerprint density at radius 2 is 1.89 bits per heavy atom. The van der Waals surface area contributed by atoms with Gasteiger partial charge in [0.1, 0.15) is 6.04 Å². The molecule has 0 aliphatic carbocycles. The molecule has 1 rings (SSSR count). The predicted molar refractivity (Wildman–Crippen MR) is 65.9 cm³/mol. The zero-order valence-corrected chi connectivity index (χ0v) is 10.5.